The van der Waals surface area contributed by atoms with Crippen molar-refractivity contribution < 1.29 is 8.42 Å². The van der Waals surface area contributed by atoms with Gasteiger partial charge < -0.3 is 0 Å². The molecule has 1 aliphatic carbocycles. The number of aromatic nitrogens is 4. The first kappa shape index (κ1) is 18.3. The molecular formula is C17H23ClN4O2S. The Kier molecular flexibility index (Phi) is 5.43. The Morgan fingerprint density at radius 3 is 2.68 bits per heavy atom. The Labute approximate surface area is 153 Å². The second kappa shape index (κ2) is 7.41. The number of hydrogen-bond acceptors (Lipinski definition) is 5. The zero-order chi connectivity index (χ0) is 18.0. The van der Waals surface area contributed by atoms with Crippen molar-refractivity contribution in [2.24, 2.45) is 11.8 Å². The Morgan fingerprint density at radius 1 is 1.36 bits per heavy atom. The van der Waals surface area contributed by atoms with Gasteiger partial charge in [-0.05, 0) is 46.7 Å². The van der Waals surface area contributed by atoms with Crippen molar-refractivity contribution in [3.63, 3.8) is 0 Å². The third-order valence-corrected chi connectivity index (χ3v) is 6.49. The standard InChI is InChI=1S/C17H23ClN4O2S/c1-3-12(8-13-4-5-13)9-14-6-7-16(25(2,23)24)15(17(14)18)10-22-11-19-20-21-22/h6-7,11-13H,3-5,8-10H2,1-2H3. The van der Waals surface area contributed by atoms with Crippen molar-refractivity contribution in [1.82, 2.24) is 20.2 Å². The molecule has 1 aromatic heterocycles. The van der Waals surface area contributed by atoms with E-state index in [0.717, 1.165) is 24.3 Å². The summed E-state index contributed by atoms with van der Waals surface area (Å²) in [4.78, 5) is 0.243. The predicted molar refractivity (Wildman–Crippen MR) is 96.3 cm³/mol. The molecule has 3 rings (SSSR count). The van der Waals surface area contributed by atoms with Gasteiger partial charge in [-0.2, -0.15) is 0 Å². The van der Waals surface area contributed by atoms with Gasteiger partial charge in [0.2, 0.25) is 0 Å². The molecule has 25 heavy (non-hydrogen) atoms. The molecule has 0 saturated heterocycles. The maximum atomic E-state index is 12.2. The van der Waals surface area contributed by atoms with E-state index in [9.17, 15) is 8.42 Å². The third kappa shape index (κ3) is 4.58. The van der Waals surface area contributed by atoms with Gasteiger partial charge in [0.05, 0.1) is 16.5 Å². The molecule has 136 valence electrons. The zero-order valence-corrected chi connectivity index (χ0v) is 16.1. The Hall–Kier alpha value is -1.47. The Morgan fingerprint density at radius 2 is 2.12 bits per heavy atom. The number of rotatable bonds is 8. The largest absolute Gasteiger partial charge is 0.228 e. The number of tetrazole rings is 1. The topological polar surface area (TPSA) is 77.7 Å². The lowest BCUT2D eigenvalue weighted by molar-refractivity contribution is 0.440. The summed E-state index contributed by atoms with van der Waals surface area (Å²) in [5.74, 6) is 1.44. The molecule has 1 fully saturated rings. The van der Waals surface area contributed by atoms with Crippen LogP contribution in [0.25, 0.3) is 0 Å². The van der Waals surface area contributed by atoms with E-state index in [1.165, 1.54) is 36.5 Å². The monoisotopic (exact) mass is 382 g/mol. The highest BCUT2D eigenvalue weighted by molar-refractivity contribution is 7.90. The van der Waals surface area contributed by atoms with E-state index in [2.05, 4.69) is 22.4 Å². The minimum Gasteiger partial charge on any atom is -0.228 e. The summed E-state index contributed by atoms with van der Waals surface area (Å²) in [6, 6.07) is 3.53. The van der Waals surface area contributed by atoms with Crippen molar-refractivity contribution in [3.8, 4) is 0 Å². The van der Waals surface area contributed by atoms with Crippen LogP contribution in [0.2, 0.25) is 5.02 Å². The fourth-order valence-electron chi connectivity index (χ4n) is 3.25. The van der Waals surface area contributed by atoms with Gasteiger partial charge in [-0.3, -0.25) is 0 Å². The van der Waals surface area contributed by atoms with Crippen LogP contribution in [-0.4, -0.2) is 34.9 Å². The molecular weight excluding hydrogens is 360 g/mol. The lowest BCUT2D eigenvalue weighted by Crippen LogP contribution is -2.11. The molecule has 2 aromatic rings. The van der Waals surface area contributed by atoms with E-state index >= 15 is 0 Å². The fourth-order valence-corrected chi connectivity index (χ4v) is 4.54. The van der Waals surface area contributed by atoms with E-state index in [-0.39, 0.29) is 11.4 Å². The molecule has 8 heteroatoms. The van der Waals surface area contributed by atoms with Gasteiger partial charge in [0, 0.05) is 11.8 Å². The first-order valence-corrected chi connectivity index (χ1v) is 10.9. The zero-order valence-electron chi connectivity index (χ0n) is 14.5. The molecule has 0 bridgehead atoms. The molecule has 0 spiro atoms. The van der Waals surface area contributed by atoms with Gasteiger partial charge >= 0.3 is 0 Å². The number of hydrogen-bond donors (Lipinski definition) is 0. The van der Waals surface area contributed by atoms with E-state index < -0.39 is 9.84 Å². The van der Waals surface area contributed by atoms with Crippen LogP contribution in [0.15, 0.2) is 23.4 Å². The van der Waals surface area contributed by atoms with Crippen LogP contribution in [0.5, 0.6) is 0 Å². The molecule has 1 aromatic carbocycles. The van der Waals surface area contributed by atoms with Crippen LogP contribution in [0.4, 0.5) is 0 Å². The van der Waals surface area contributed by atoms with Crippen LogP contribution < -0.4 is 0 Å². The third-order valence-electron chi connectivity index (χ3n) is 4.84. The van der Waals surface area contributed by atoms with Crippen LogP contribution in [0.3, 0.4) is 0 Å². The average molecular weight is 383 g/mol. The van der Waals surface area contributed by atoms with E-state index in [1.807, 2.05) is 6.07 Å². The van der Waals surface area contributed by atoms with Gasteiger partial charge in [-0.1, -0.05) is 43.9 Å². The van der Waals surface area contributed by atoms with E-state index in [4.69, 9.17) is 11.6 Å². The Bertz CT molecular complexity index is 833. The molecule has 0 amide bonds. The van der Waals surface area contributed by atoms with Crippen molar-refractivity contribution in [2.75, 3.05) is 6.26 Å². The van der Waals surface area contributed by atoms with Crippen molar-refractivity contribution in [2.45, 2.75) is 50.5 Å². The summed E-state index contributed by atoms with van der Waals surface area (Å²) in [6.45, 7) is 2.44. The summed E-state index contributed by atoms with van der Waals surface area (Å²) >= 11 is 6.64. The smallest absolute Gasteiger partial charge is 0.175 e. The first-order valence-electron chi connectivity index (χ1n) is 8.59. The predicted octanol–water partition coefficient (Wildman–Crippen LogP) is 3.15. The molecule has 0 radical (unpaired) electrons. The van der Waals surface area contributed by atoms with Crippen LogP contribution in [0, 0.1) is 11.8 Å². The molecule has 1 atom stereocenters. The number of sulfone groups is 1. The van der Waals surface area contributed by atoms with Crippen molar-refractivity contribution in [3.05, 3.63) is 34.6 Å². The summed E-state index contributed by atoms with van der Waals surface area (Å²) in [5, 5.41) is 11.6. The summed E-state index contributed by atoms with van der Waals surface area (Å²) < 4.78 is 25.8. The van der Waals surface area contributed by atoms with E-state index in [1.54, 1.807) is 6.07 Å². The highest BCUT2D eigenvalue weighted by atomic mass is 35.5. The van der Waals surface area contributed by atoms with Gasteiger partial charge in [0.15, 0.2) is 9.84 Å². The first-order chi connectivity index (χ1) is 11.9. The minimum atomic E-state index is -3.39. The number of nitrogens with zero attached hydrogens (tertiary/aromatic N) is 4. The van der Waals surface area contributed by atoms with E-state index in [0.29, 0.717) is 16.5 Å². The molecule has 6 nitrogen and oxygen atoms in total. The Balaban J connectivity index is 1.94. The highest BCUT2D eigenvalue weighted by Gasteiger charge is 2.26. The molecule has 1 unspecified atom stereocenters. The summed E-state index contributed by atoms with van der Waals surface area (Å²) in [5.41, 5.74) is 1.57. The molecule has 0 aliphatic heterocycles. The van der Waals surface area contributed by atoms with Crippen LogP contribution >= 0.6 is 11.6 Å². The van der Waals surface area contributed by atoms with Gasteiger partial charge in [-0.15, -0.1) is 5.10 Å². The van der Waals surface area contributed by atoms with Gasteiger partial charge in [-0.25, -0.2) is 13.1 Å². The molecule has 0 N–H and O–H groups in total. The maximum absolute atomic E-state index is 12.2. The molecule has 1 aliphatic rings. The van der Waals surface area contributed by atoms with Gasteiger partial charge in [0.25, 0.3) is 0 Å². The van der Waals surface area contributed by atoms with Crippen molar-refractivity contribution in [1.29, 1.82) is 0 Å². The quantitative estimate of drug-likeness (QED) is 0.700. The lowest BCUT2D eigenvalue weighted by Gasteiger charge is -2.18. The van der Waals surface area contributed by atoms with Gasteiger partial charge in [0.1, 0.15) is 6.33 Å². The molecule has 1 heterocycles. The summed E-state index contributed by atoms with van der Waals surface area (Å²) in [7, 11) is -3.39. The number of benzene rings is 1. The summed E-state index contributed by atoms with van der Waals surface area (Å²) in [6.07, 6.45) is 8.52. The second-order valence-corrected chi connectivity index (χ2v) is 9.31. The highest BCUT2D eigenvalue weighted by Crippen LogP contribution is 2.38. The normalized spacial score (nSPS) is 16.1. The second-order valence-electron chi connectivity index (χ2n) is 6.95. The lowest BCUT2D eigenvalue weighted by atomic mass is 9.91. The van der Waals surface area contributed by atoms with Crippen LogP contribution in [0.1, 0.15) is 43.7 Å². The fraction of sp³-hybridized carbons (Fsp3) is 0.588. The number of halogens is 1. The molecule has 1 saturated carbocycles. The SMILES string of the molecule is CCC(Cc1ccc(S(C)(=O)=O)c(Cn2cnnn2)c1Cl)CC1CC1. The minimum absolute atomic E-state index is 0.238. The average Bonchev–Trinajstić information content (AvgIpc) is 3.22. The van der Waals surface area contributed by atoms with Crippen LogP contribution in [-0.2, 0) is 22.8 Å². The maximum Gasteiger partial charge on any atom is 0.175 e. The van der Waals surface area contributed by atoms with Crippen molar-refractivity contribution >= 4 is 21.4 Å².